The van der Waals surface area contributed by atoms with Crippen LogP contribution in [0.5, 0.6) is 0 Å². The second-order valence-corrected chi connectivity index (χ2v) is 7.49. The van der Waals surface area contributed by atoms with E-state index >= 15 is 0 Å². The van der Waals surface area contributed by atoms with Crippen LogP contribution in [0.15, 0.2) is 66.7 Å². The Bertz CT molecular complexity index is 945. The molecule has 3 nitrogen and oxygen atoms in total. The molecule has 4 rings (SSSR count). The molecule has 1 aliphatic carbocycles. The van der Waals surface area contributed by atoms with Gasteiger partial charge >= 0.3 is 0 Å². The summed E-state index contributed by atoms with van der Waals surface area (Å²) in [7, 11) is 0. The fourth-order valence-electron chi connectivity index (χ4n) is 3.62. The van der Waals surface area contributed by atoms with Crippen molar-refractivity contribution in [1.82, 2.24) is 10.2 Å². The van der Waals surface area contributed by atoms with Crippen LogP contribution >= 0.6 is 0 Å². The molecule has 1 amide bonds. The number of halogens is 1. The number of hydrogen-bond donors (Lipinski definition) is 1. The van der Waals surface area contributed by atoms with E-state index < -0.39 is 0 Å². The molecule has 0 aliphatic heterocycles. The molecule has 1 aliphatic rings. The second kappa shape index (κ2) is 8.53. The van der Waals surface area contributed by atoms with Gasteiger partial charge in [0.2, 0.25) is 5.91 Å². The van der Waals surface area contributed by atoms with Gasteiger partial charge in [0.1, 0.15) is 5.82 Å². The first-order valence-corrected chi connectivity index (χ1v) is 9.91. The Balaban J connectivity index is 1.34. The zero-order valence-corrected chi connectivity index (χ0v) is 15.9. The molecule has 3 aromatic rings. The average Bonchev–Trinajstić information content (AvgIpc) is 3.56. The Labute approximate surface area is 165 Å². The molecule has 0 saturated heterocycles. The van der Waals surface area contributed by atoms with Gasteiger partial charge in [0.15, 0.2) is 0 Å². The highest BCUT2D eigenvalue weighted by molar-refractivity contribution is 5.85. The van der Waals surface area contributed by atoms with Crippen molar-refractivity contribution < 1.29 is 9.18 Å². The van der Waals surface area contributed by atoms with E-state index in [0.717, 1.165) is 18.7 Å². The van der Waals surface area contributed by atoms with Crippen LogP contribution in [0.25, 0.3) is 10.8 Å². The molecule has 0 unspecified atom stereocenters. The van der Waals surface area contributed by atoms with Crippen LogP contribution in [-0.4, -0.2) is 23.4 Å². The normalized spacial score (nSPS) is 13.8. The molecule has 0 spiro atoms. The topological polar surface area (TPSA) is 32.3 Å². The SMILES string of the molecule is O=C(CCN(Cc1cccc2ccccc12)C1CC1)NCc1ccc(F)cc1. The molecule has 1 fully saturated rings. The van der Waals surface area contributed by atoms with Crippen molar-refractivity contribution in [2.24, 2.45) is 0 Å². The van der Waals surface area contributed by atoms with E-state index in [1.807, 2.05) is 0 Å². The van der Waals surface area contributed by atoms with E-state index in [9.17, 15) is 9.18 Å². The quantitative estimate of drug-likeness (QED) is 0.621. The fourth-order valence-corrected chi connectivity index (χ4v) is 3.62. The van der Waals surface area contributed by atoms with Gasteiger partial charge in [0.05, 0.1) is 0 Å². The number of hydrogen-bond acceptors (Lipinski definition) is 2. The number of nitrogens with one attached hydrogen (secondary N) is 1. The van der Waals surface area contributed by atoms with Crippen LogP contribution in [-0.2, 0) is 17.9 Å². The maximum absolute atomic E-state index is 13.0. The van der Waals surface area contributed by atoms with Crippen LogP contribution in [0.1, 0.15) is 30.4 Å². The summed E-state index contributed by atoms with van der Waals surface area (Å²) < 4.78 is 13.0. The smallest absolute Gasteiger partial charge is 0.221 e. The predicted molar refractivity (Wildman–Crippen MR) is 110 cm³/mol. The summed E-state index contributed by atoms with van der Waals surface area (Å²) in [6.07, 6.45) is 2.90. The van der Waals surface area contributed by atoms with Crippen molar-refractivity contribution in [1.29, 1.82) is 0 Å². The zero-order chi connectivity index (χ0) is 19.3. The van der Waals surface area contributed by atoms with Gasteiger partial charge in [0, 0.05) is 32.1 Å². The number of benzene rings is 3. The Hall–Kier alpha value is -2.72. The molecule has 0 heterocycles. The number of amides is 1. The monoisotopic (exact) mass is 376 g/mol. The van der Waals surface area contributed by atoms with Gasteiger partial charge in [0.25, 0.3) is 0 Å². The number of rotatable bonds is 8. The van der Waals surface area contributed by atoms with Gasteiger partial charge in [-0.2, -0.15) is 0 Å². The molecule has 3 aromatic carbocycles. The summed E-state index contributed by atoms with van der Waals surface area (Å²) >= 11 is 0. The number of nitrogens with zero attached hydrogens (tertiary/aromatic N) is 1. The van der Waals surface area contributed by atoms with Gasteiger partial charge in [-0.3, -0.25) is 9.69 Å². The van der Waals surface area contributed by atoms with Crippen LogP contribution < -0.4 is 5.32 Å². The third-order valence-electron chi connectivity index (χ3n) is 5.35. The molecule has 4 heteroatoms. The Morgan fingerprint density at radius 1 is 1.00 bits per heavy atom. The highest BCUT2D eigenvalue weighted by atomic mass is 19.1. The van der Waals surface area contributed by atoms with Crippen molar-refractivity contribution in [2.75, 3.05) is 6.54 Å². The zero-order valence-electron chi connectivity index (χ0n) is 15.9. The van der Waals surface area contributed by atoms with Crippen molar-refractivity contribution in [3.05, 3.63) is 83.7 Å². The Kier molecular flexibility index (Phi) is 5.68. The summed E-state index contributed by atoms with van der Waals surface area (Å²) in [5.74, 6) is -0.225. The maximum atomic E-state index is 13.0. The number of carbonyl (C=O) groups excluding carboxylic acids is 1. The lowest BCUT2D eigenvalue weighted by Gasteiger charge is -2.22. The lowest BCUT2D eigenvalue weighted by Crippen LogP contribution is -2.32. The molecular formula is C24H25FN2O. The van der Waals surface area contributed by atoms with Gasteiger partial charge in [-0.15, -0.1) is 0 Å². The van der Waals surface area contributed by atoms with Crippen molar-refractivity contribution in [3.8, 4) is 0 Å². The summed E-state index contributed by atoms with van der Waals surface area (Å²) in [5, 5.41) is 5.48. The minimum absolute atomic E-state index is 0.0351. The van der Waals surface area contributed by atoms with E-state index in [1.165, 1.54) is 41.3 Å². The third-order valence-corrected chi connectivity index (χ3v) is 5.35. The number of fused-ring (bicyclic) bond motifs is 1. The summed E-state index contributed by atoms with van der Waals surface area (Å²) in [6.45, 7) is 2.06. The minimum atomic E-state index is -0.261. The van der Waals surface area contributed by atoms with Gasteiger partial charge < -0.3 is 5.32 Å². The molecule has 144 valence electrons. The Morgan fingerprint density at radius 3 is 2.54 bits per heavy atom. The largest absolute Gasteiger partial charge is 0.352 e. The lowest BCUT2D eigenvalue weighted by atomic mass is 10.0. The highest BCUT2D eigenvalue weighted by Crippen LogP contribution is 2.30. The van der Waals surface area contributed by atoms with Crippen LogP contribution in [0.3, 0.4) is 0 Å². The first kappa shape index (κ1) is 18.6. The van der Waals surface area contributed by atoms with Crippen LogP contribution in [0, 0.1) is 5.82 Å². The average molecular weight is 376 g/mol. The predicted octanol–water partition coefficient (Wildman–Crippen LogP) is 4.65. The second-order valence-electron chi connectivity index (χ2n) is 7.49. The van der Waals surface area contributed by atoms with Crippen molar-refractivity contribution >= 4 is 16.7 Å². The van der Waals surface area contributed by atoms with Gasteiger partial charge in [-0.1, -0.05) is 54.6 Å². The molecule has 1 N–H and O–H groups in total. The molecular weight excluding hydrogens is 351 g/mol. The molecule has 0 atom stereocenters. The van der Waals surface area contributed by atoms with Crippen molar-refractivity contribution in [3.63, 3.8) is 0 Å². The van der Waals surface area contributed by atoms with Crippen molar-refractivity contribution in [2.45, 2.75) is 38.4 Å². The third kappa shape index (κ3) is 4.76. The molecule has 1 saturated carbocycles. The summed E-state index contributed by atoms with van der Waals surface area (Å²) in [4.78, 5) is 14.7. The van der Waals surface area contributed by atoms with Gasteiger partial charge in [-0.25, -0.2) is 4.39 Å². The van der Waals surface area contributed by atoms with E-state index in [4.69, 9.17) is 0 Å². The van der Waals surface area contributed by atoms with Gasteiger partial charge in [-0.05, 0) is 46.9 Å². The van der Waals surface area contributed by atoms with Crippen LogP contribution in [0.2, 0.25) is 0 Å². The number of carbonyl (C=O) groups is 1. The van der Waals surface area contributed by atoms with E-state index in [1.54, 1.807) is 12.1 Å². The van der Waals surface area contributed by atoms with Crippen LogP contribution in [0.4, 0.5) is 4.39 Å². The lowest BCUT2D eigenvalue weighted by molar-refractivity contribution is -0.121. The molecule has 0 aromatic heterocycles. The standard InChI is InChI=1S/C24H25FN2O/c25-21-10-8-18(9-11-21)16-26-24(28)14-15-27(22-12-13-22)17-20-6-3-5-19-4-1-2-7-23(19)20/h1-11,22H,12-17H2,(H,26,28). The maximum Gasteiger partial charge on any atom is 0.221 e. The van der Waals surface area contributed by atoms with E-state index in [-0.39, 0.29) is 11.7 Å². The minimum Gasteiger partial charge on any atom is -0.352 e. The fraction of sp³-hybridized carbons (Fsp3) is 0.292. The molecule has 0 radical (unpaired) electrons. The Morgan fingerprint density at radius 2 is 1.75 bits per heavy atom. The van der Waals surface area contributed by atoms with E-state index in [2.05, 4.69) is 52.7 Å². The first-order chi connectivity index (χ1) is 13.7. The molecule has 0 bridgehead atoms. The van der Waals surface area contributed by atoms with E-state index in [0.29, 0.717) is 19.0 Å². The molecule has 28 heavy (non-hydrogen) atoms. The summed E-state index contributed by atoms with van der Waals surface area (Å²) in [6, 6.07) is 21.7. The summed E-state index contributed by atoms with van der Waals surface area (Å²) in [5.41, 5.74) is 2.22. The first-order valence-electron chi connectivity index (χ1n) is 9.91. The highest BCUT2D eigenvalue weighted by Gasteiger charge is 2.29.